The number of hydrogen-bond acceptors (Lipinski definition) is 3. The van der Waals surface area contributed by atoms with E-state index in [2.05, 4.69) is 4.72 Å². The summed E-state index contributed by atoms with van der Waals surface area (Å²) < 4.78 is 33.1. The van der Waals surface area contributed by atoms with Crippen LogP contribution in [-0.2, 0) is 10.0 Å². The monoisotopic (exact) mass is 604 g/mol. The lowest BCUT2D eigenvalue weighted by molar-refractivity contribution is 0.508. The minimum Gasteiger partial charge on any atom is -0.322 e. The van der Waals surface area contributed by atoms with E-state index in [0.29, 0.717) is 11.1 Å². The van der Waals surface area contributed by atoms with Crippen molar-refractivity contribution >= 4 is 31.6 Å². The lowest BCUT2D eigenvalue weighted by Gasteiger charge is -2.29. The molecule has 0 radical (unpaired) electrons. The second kappa shape index (κ2) is 12.1. The third kappa shape index (κ3) is 5.54. The summed E-state index contributed by atoms with van der Waals surface area (Å²) >= 11 is 0. The third-order valence-electron chi connectivity index (χ3n) is 8.44. The van der Waals surface area contributed by atoms with Crippen molar-refractivity contribution in [1.82, 2.24) is 4.72 Å². The number of sulfonamides is 1. The molecule has 0 aliphatic carbocycles. The lowest BCUT2D eigenvalue weighted by atomic mass is 9.89. The van der Waals surface area contributed by atoms with E-state index in [0.717, 1.165) is 43.8 Å². The Hall–Kier alpha value is -5.07. The third-order valence-corrected chi connectivity index (χ3v) is 9.98. The first-order valence-corrected chi connectivity index (χ1v) is 16.5. The van der Waals surface area contributed by atoms with Crippen LogP contribution in [0, 0.1) is 0 Å². The average Bonchev–Trinajstić information content (AvgIpc) is 3.10. The van der Waals surface area contributed by atoms with Crippen LogP contribution in [0.15, 0.2) is 169 Å². The Labute approximate surface area is 263 Å². The van der Waals surface area contributed by atoms with Gasteiger partial charge in [0.25, 0.3) is 0 Å². The largest absolute Gasteiger partial charge is 0.322 e. The first-order valence-electron chi connectivity index (χ1n) is 15.0. The van der Waals surface area contributed by atoms with E-state index >= 15 is 0 Å². The van der Waals surface area contributed by atoms with Crippen LogP contribution in [0.25, 0.3) is 43.8 Å². The molecule has 45 heavy (non-hydrogen) atoms. The highest BCUT2D eigenvalue weighted by molar-refractivity contribution is 7.89. The standard InChI is InChI=1S/C40H32N2O2S/c41-38(36-26-11-20-28-18-7-9-22-32(28)36)39(37-27-12-21-29-19-8-10-23-33(29)37)42-45(43,44)40-34(30-14-3-1-4-15-30)24-13-25-35(40)31-16-5-2-6-17-31/h1-27,38-39,42H,41H2/t38-,39+/m1/s1. The van der Waals surface area contributed by atoms with Crippen LogP contribution >= 0.6 is 0 Å². The highest BCUT2D eigenvalue weighted by Gasteiger charge is 2.32. The van der Waals surface area contributed by atoms with Crippen LogP contribution in [0.3, 0.4) is 0 Å². The van der Waals surface area contributed by atoms with Gasteiger partial charge in [-0.3, -0.25) is 0 Å². The summed E-state index contributed by atoms with van der Waals surface area (Å²) in [6.07, 6.45) is 0. The molecule has 3 N–H and O–H groups in total. The van der Waals surface area contributed by atoms with Crippen LogP contribution in [-0.4, -0.2) is 8.42 Å². The normalized spacial score (nSPS) is 13.1. The van der Waals surface area contributed by atoms with Gasteiger partial charge in [-0.2, -0.15) is 0 Å². The number of benzene rings is 7. The zero-order chi connectivity index (χ0) is 30.8. The van der Waals surface area contributed by atoms with Gasteiger partial charge in [0, 0.05) is 11.1 Å². The van der Waals surface area contributed by atoms with E-state index in [9.17, 15) is 8.42 Å². The van der Waals surface area contributed by atoms with Crippen molar-refractivity contribution in [3.63, 3.8) is 0 Å². The van der Waals surface area contributed by atoms with Crippen LogP contribution in [0.5, 0.6) is 0 Å². The maximum atomic E-state index is 15.0. The van der Waals surface area contributed by atoms with E-state index in [4.69, 9.17) is 5.73 Å². The van der Waals surface area contributed by atoms with Crippen molar-refractivity contribution in [1.29, 1.82) is 0 Å². The molecule has 0 aliphatic rings. The van der Waals surface area contributed by atoms with Crippen molar-refractivity contribution in [3.05, 3.63) is 175 Å². The van der Waals surface area contributed by atoms with Crippen molar-refractivity contribution in [2.24, 2.45) is 5.73 Å². The van der Waals surface area contributed by atoms with Crippen molar-refractivity contribution in [3.8, 4) is 22.3 Å². The second-order valence-corrected chi connectivity index (χ2v) is 12.8. The first kappa shape index (κ1) is 28.7. The molecule has 0 heterocycles. The molecule has 7 aromatic carbocycles. The molecule has 220 valence electrons. The molecule has 7 rings (SSSR count). The number of nitrogens with one attached hydrogen (secondary N) is 1. The molecular weight excluding hydrogens is 573 g/mol. The molecule has 0 saturated heterocycles. The summed E-state index contributed by atoms with van der Waals surface area (Å²) in [5.74, 6) is 0. The fourth-order valence-corrected chi connectivity index (χ4v) is 7.99. The van der Waals surface area contributed by atoms with Gasteiger partial charge in [-0.1, -0.05) is 164 Å². The highest BCUT2D eigenvalue weighted by atomic mass is 32.2. The second-order valence-electron chi connectivity index (χ2n) is 11.2. The topological polar surface area (TPSA) is 72.2 Å². The quantitative estimate of drug-likeness (QED) is 0.182. The van der Waals surface area contributed by atoms with Crippen LogP contribution in [0.4, 0.5) is 0 Å². The molecule has 0 bridgehead atoms. The Morgan fingerprint density at radius 2 is 0.889 bits per heavy atom. The summed E-state index contributed by atoms with van der Waals surface area (Å²) in [6.45, 7) is 0. The van der Waals surface area contributed by atoms with Gasteiger partial charge in [-0.05, 0) is 43.8 Å². The van der Waals surface area contributed by atoms with Gasteiger partial charge >= 0.3 is 0 Å². The van der Waals surface area contributed by atoms with Gasteiger partial charge in [0.1, 0.15) is 0 Å². The van der Waals surface area contributed by atoms with E-state index in [1.807, 2.05) is 164 Å². The number of nitrogens with two attached hydrogens (primary N) is 1. The van der Waals surface area contributed by atoms with E-state index in [1.165, 1.54) is 0 Å². The summed E-state index contributed by atoms with van der Waals surface area (Å²) in [7, 11) is -4.17. The number of rotatable bonds is 8. The Kier molecular flexibility index (Phi) is 7.74. The SMILES string of the molecule is N[C@H](c1cccc2ccccc12)[C@@H](NS(=O)(=O)c1c(-c2ccccc2)cccc1-c1ccccc1)c1cccc2ccccc12. The minimum absolute atomic E-state index is 0.220. The molecule has 0 aliphatic heterocycles. The molecular formula is C40H32N2O2S. The molecule has 0 aromatic heterocycles. The predicted molar refractivity (Wildman–Crippen MR) is 185 cm³/mol. The zero-order valence-corrected chi connectivity index (χ0v) is 25.4. The van der Waals surface area contributed by atoms with E-state index < -0.39 is 22.1 Å². The summed E-state index contributed by atoms with van der Waals surface area (Å²) in [6, 6.07) is 51.5. The molecule has 0 fully saturated rings. The van der Waals surface area contributed by atoms with Gasteiger partial charge in [0.05, 0.1) is 17.0 Å². The van der Waals surface area contributed by atoms with Crippen LogP contribution < -0.4 is 10.5 Å². The predicted octanol–water partition coefficient (Wildman–Crippen LogP) is 9.05. The van der Waals surface area contributed by atoms with E-state index in [1.54, 1.807) is 0 Å². The Bertz CT molecular complexity index is 2160. The molecule has 0 unspecified atom stereocenters. The first-order chi connectivity index (χ1) is 22.0. The molecule has 4 nitrogen and oxygen atoms in total. The molecule has 7 aromatic rings. The number of hydrogen-bond donors (Lipinski definition) is 2. The lowest BCUT2D eigenvalue weighted by Crippen LogP contribution is -2.36. The summed E-state index contributed by atoms with van der Waals surface area (Å²) in [5, 5.41) is 4.00. The molecule has 2 atom stereocenters. The maximum absolute atomic E-state index is 15.0. The maximum Gasteiger partial charge on any atom is 0.242 e. The van der Waals surface area contributed by atoms with Gasteiger partial charge in [-0.15, -0.1) is 0 Å². The number of fused-ring (bicyclic) bond motifs is 2. The summed E-state index contributed by atoms with van der Waals surface area (Å²) in [5.41, 5.74) is 11.7. The van der Waals surface area contributed by atoms with Crippen LogP contribution in [0.1, 0.15) is 23.2 Å². The molecule has 5 heteroatoms. The van der Waals surface area contributed by atoms with E-state index in [-0.39, 0.29) is 4.90 Å². The zero-order valence-electron chi connectivity index (χ0n) is 24.5. The molecule has 0 saturated carbocycles. The Morgan fingerprint density at radius 1 is 0.467 bits per heavy atom. The fourth-order valence-electron chi connectivity index (χ4n) is 6.32. The average molecular weight is 605 g/mol. The minimum atomic E-state index is -4.17. The smallest absolute Gasteiger partial charge is 0.242 e. The molecule has 0 amide bonds. The molecule has 0 spiro atoms. The van der Waals surface area contributed by atoms with Crippen molar-refractivity contribution in [2.75, 3.05) is 0 Å². The van der Waals surface area contributed by atoms with Gasteiger partial charge in [0.2, 0.25) is 10.0 Å². The fraction of sp³-hybridized carbons (Fsp3) is 0.0500. The van der Waals surface area contributed by atoms with Crippen LogP contribution in [0.2, 0.25) is 0 Å². The Balaban J connectivity index is 1.45. The van der Waals surface area contributed by atoms with Gasteiger partial charge in [0.15, 0.2) is 0 Å². The van der Waals surface area contributed by atoms with Gasteiger partial charge in [-0.25, -0.2) is 13.1 Å². The van der Waals surface area contributed by atoms with Crippen molar-refractivity contribution in [2.45, 2.75) is 17.0 Å². The Morgan fingerprint density at radius 3 is 1.44 bits per heavy atom. The highest BCUT2D eigenvalue weighted by Crippen LogP contribution is 2.40. The summed E-state index contributed by atoms with van der Waals surface area (Å²) in [4.78, 5) is 0.220. The van der Waals surface area contributed by atoms with Crippen molar-refractivity contribution < 1.29 is 8.42 Å². The van der Waals surface area contributed by atoms with Gasteiger partial charge < -0.3 is 5.73 Å².